The molecule has 0 aromatic carbocycles. The van der Waals surface area contributed by atoms with Gasteiger partial charge in [-0.05, 0) is 39.0 Å². The van der Waals surface area contributed by atoms with E-state index < -0.39 is 29.5 Å². The van der Waals surface area contributed by atoms with E-state index in [1.807, 2.05) is 12.2 Å². The number of nitrogens with zero attached hydrogens (tertiary/aromatic N) is 1. The Hall–Kier alpha value is -2.38. The van der Waals surface area contributed by atoms with Gasteiger partial charge in [-0.2, -0.15) is 0 Å². The summed E-state index contributed by atoms with van der Waals surface area (Å²) in [6.45, 7) is 1.97. The lowest BCUT2D eigenvalue weighted by Gasteiger charge is -2.25. The minimum atomic E-state index is -1.32. The summed E-state index contributed by atoms with van der Waals surface area (Å²) in [6, 6.07) is -1.35. The highest BCUT2D eigenvalue weighted by Crippen LogP contribution is 2.45. The molecule has 26 heavy (non-hydrogen) atoms. The predicted octanol–water partition coefficient (Wildman–Crippen LogP) is 1.07. The Morgan fingerprint density at radius 2 is 2.08 bits per heavy atom. The van der Waals surface area contributed by atoms with Gasteiger partial charge in [0.2, 0.25) is 5.91 Å². The normalized spacial score (nSPS) is 29.8. The van der Waals surface area contributed by atoms with Crippen LogP contribution in [-0.4, -0.2) is 58.9 Å². The van der Waals surface area contributed by atoms with Crippen molar-refractivity contribution in [2.24, 2.45) is 5.92 Å². The smallest absolute Gasteiger partial charge is 0.330 e. The molecule has 3 N–H and O–H groups in total. The third kappa shape index (κ3) is 4.83. The molecule has 8 nitrogen and oxygen atoms in total. The zero-order chi connectivity index (χ0) is 19.3. The number of carboxylic acid groups (broad SMARTS) is 1. The molecule has 0 bridgehead atoms. The van der Waals surface area contributed by atoms with E-state index in [0.29, 0.717) is 13.0 Å². The van der Waals surface area contributed by atoms with Crippen molar-refractivity contribution >= 4 is 23.7 Å². The van der Waals surface area contributed by atoms with Gasteiger partial charge in [-0.1, -0.05) is 12.2 Å². The topological polar surface area (TPSA) is 116 Å². The van der Waals surface area contributed by atoms with Crippen molar-refractivity contribution in [3.05, 3.63) is 12.2 Å². The molecule has 1 heterocycles. The fourth-order valence-corrected chi connectivity index (χ4v) is 3.12. The number of fused-ring (bicyclic) bond motifs is 1. The first-order chi connectivity index (χ1) is 12.3. The summed E-state index contributed by atoms with van der Waals surface area (Å²) in [7, 11) is 1.65. The van der Waals surface area contributed by atoms with Crippen molar-refractivity contribution in [2.75, 3.05) is 13.6 Å². The summed E-state index contributed by atoms with van der Waals surface area (Å²) in [5.41, 5.74) is -1.32. The van der Waals surface area contributed by atoms with Crippen molar-refractivity contribution < 1.29 is 24.3 Å². The summed E-state index contributed by atoms with van der Waals surface area (Å²) in [5, 5.41) is 14.8. The SMILES string of the molecule is CC(=O)CCC1NC(=O)N(C)CCCCC=CC2CC2(C(=O)O)NC1=O. The number of carbonyl (C=O) groups excluding carboxylic acids is 3. The number of nitrogens with one attached hydrogen (secondary N) is 2. The maximum absolute atomic E-state index is 12.7. The van der Waals surface area contributed by atoms with Crippen LogP contribution in [0.2, 0.25) is 0 Å². The molecule has 3 atom stereocenters. The van der Waals surface area contributed by atoms with Crippen LogP contribution in [0.15, 0.2) is 12.2 Å². The third-order valence-electron chi connectivity index (χ3n) is 4.97. The molecular formula is C18H27N3O5. The Balaban J connectivity index is 2.20. The summed E-state index contributed by atoms with van der Waals surface area (Å²) >= 11 is 0. The zero-order valence-electron chi connectivity index (χ0n) is 15.3. The molecule has 0 aromatic heterocycles. The Kier molecular flexibility index (Phi) is 6.39. The van der Waals surface area contributed by atoms with Crippen LogP contribution in [0.1, 0.15) is 45.4 Å². The molecule has 1 aliphatic heterocycles. The van der Waals surface area contributed by atoms with Crippen LogP contribution >= 0.6 is 0 Å². The van der Waals surface area contributed by atoms with Gasteiger partial charge in [-0.3, -0.25) is 4.79 Å². The maximum Gasteiger partial charge on any atom is 0.330 e. The summed E-state index contributed by atoms with van der Waals surface area (Å²) in [4.78, 5) is 49.4. The number of ketones is 1. The first kappa shape index (κ1) is 19.9. The number of hydrogen-bond acceptors (Lipinski definition) is 4. The quantitative estimate of drug-likeness (QED) is 0.645. The van der Waals surface area contributed by atoms with E-state index in [0.717, 1.165) is 19.3 Å². The Bertz CT molecular complexity index is 618. The van der Waals surface area contributed by atoms with Gasteiger partial charge < -0.3 is 25.4 Å². The Morgan fingerprint density at radius 1 is 1.35 bits per heavy atom. The lowest BCUT2D eigenvalue weighted by Crippen LogP contribution is -2.55. The fourth-order valence-electron chi connectivity index (χ4n) is 3.12. The highest BCUT2D eigenvalue weighted by Gasteiger charge is 2.60. The molecule has 3 amide bonds. The average Bonchev–Trinajstić information content (AvgIpc) is 3.27. The number of rotatable bonds is 4. The number of urea groups is 1. The van der Waals surface area contributed by atoms with Crippen molar-refractivity contribution in [3.8, 4) is 0 Å². The second-order valence-electron chi connectivity index (χ2n) is 7.16. The molecule has 0 spiro atoms. The fraction of sp³-hybridized carbons (Fsp3) is 0.667. The highest BCUT2D eigenvalue weighted by molar-refractivity contribution is 5.94. The van der Waals surface area contributed by atoms with Gasteiger partial charge in [0.15, 0.2) is 0 Å². The van der Waals surface area contributed by atoms with Gasteiger partial charge >= 0.3 is 12.0 Å². The van der Waals surface area contributed by atoms with Crippen molar-refractivity contribution in [1.29, 1.82) is 0 Å². The minimum absolute atomic E-state index is 0.0972. The molecular weight excluding hydrogens is 338 g/mol. The molecule has 2 aliphatic rings. The van der Waals surface area contributed by atoms with Crippen LogP contribution in [0.4, 0.5) is 4.79 Å². The van der Waals surface area contributed by atoms with Gasteiger partial charge in [-0.15, -0.1) is 0 Å². The first-order valence-corrected chi connectivity index (χ1v) is 8.99. The number of hydrogen-bond donors (Lipinski definition) is 3. The number of aliphatic carboxylic acids is 1. The molecule has 1 fully saturated rings. The number of Topliss-reactive ketones (excluding diaryl/α,β-unsaturated/α-hetero) is 1. The van der Waals surface area contributed by atoms with E-state index in [4.69, 9.17) is 0 Å². The second-order valence-corrected chi connectivity index (χ2v) is 7.16. The van der Waals surface area contributed by atoms with Crippen LogP contribution in [0, 0.1) is 5.92 Å². The number of carbonyl (C=O) groups is 4. The number of carboxylic acids is 1. The first-order valence-electron chi connectivity index (χ1n) is 8.99. The molecule has 0 saturated heterocycles. The average molecular weight is 365 g/mol. The Morgan fingerprint density at radius 3 is 2.73 bits per heavy atom. The molecule has 0 radical (unpaired) electrons. The lowest BCUT2D eigenvalue weighted by atomic mass is 10.1. The summed E-state index contributed by atoms with van der Waals surface area (Å²) in [5.74, 6) is -2.00. The van der Waals surface area contributed by atoms with E-state index in [-0.39, 0.29) is 24.5 Å². The van der Waals surface area contributed by atoms with Gasteiger partial charge in [0, 0.05) is 25.9 Å². The van der Waals surface area contributed by atoms with Crippen LogP contribution in [-0.2, 0) is 14.4 Å². The van der Waals surface area contributed by atoms with E-state index >= 15 is 0 Å². The molecule has 1 saturated carbocycles. The van der Waals surface area contributed by atoms with E-state index in [1.54, 1.807) is 7.05 Å². The maximum atomic E-state index is 12.7. The van der Waals surface area contributed by atoms with Gasteiger partial charge in [0.05, 0.1) is 0 Å². The van der Waals surface area contributed by atoms with E-state index in [1.165, 1.54) is 11.8 Å². The van der Waals surface area contributed by atoms with Crippen molar-refractivity contribution in [2.45, 2.75) is 57.0 Å². The van der Waals surface area contributed by atoms with Crippen LogP contribution in [0.3, 0.4) is 0 Å². The largest absolute Gasteiger partial charge is 0.479 e. The molecule has 2 rings (SSSR count). The van der Waals surface area contributed by atoms with Gasteiger partial charge in [0.1, 0.15) is 17.4 Å². The lowest BCUT2D eigenvalue weighted by molar-refractivity contribution is -0.143. The van der Waals surface area contributed by atoms with Gasteiger partial charge in [0.25, 0.3) is 0 Å². The molecule has 1 aliphatic carbocycles. The zero-order valence-corrected chi connectivity index (χ0v) is 15.3. The van der Waals surface area contributed by atoms with Crippen molar-refractivity contribution in [1.82, 2.24) is 15.5 Å². The highest BCUT2D eigenvalue weighted by atomic mass is 16.4. The standard InChI is InChI=1S/C18H27N3O5/c1-12(22)8-9-14-15(23)20-18(16(24)25)11-13(18)7-5-3-4-6-10-21(2)17(26)19-14/h5,7,13-14H,3-4,6,8-11H2,1-2H3,(H,19,26)(H,20,23)(H,24,25). The van der Waals surface area contributed by atoms with E-state index in [2.05, 4.69) is 10.6 Å². The van der Waals surface area contributed by atoms with E-state index in [9.17, 15) is 24.3 Å². The molecule has 3 unspecified atom stereocenters. The van der Waals surface area contributed by atoms with Crippen LogP contribution in [0.5, 0.6) is 0 Å². The molecule has 144 valence electrons. The number of allylic oxidation sites excluding steroid dienone is 1. The monoisotopic (exact) mass is 365 g/mol. The molecule has 8 heteroatoms. The minimum Gasteiger partial charge on any atom is -0.479 e. The summed E-state index contributed by atoms with van der Waals surface area (Å²) < 4.78 is 0. The number of amides is 3. The summed E-state index contributed by atoms with van der Waals surface area (Å²) in [6.07, 6.45) is 6.90. The Labute approximate surface area is 153 Å². The molecule has 0 aromatic rings. The van der Waals surface area contributed by atoms with Crippen LogP contribution in [0.25, 0.3) is 0 Å². The predicted molar refractivity (Wildman–Crippen MR) is 94.5 cm³/mol. The van der Waals surface area contributed by atoms with Gasteiger partial charge in [-0.25, -0.2) is 9.59 Å². The second kappa shape index (κ2) is 8.33. The van der Waals surface area contributed by atoms with Crippen LogP contribution < -0.4 is 10.6 Å². The van der Waals surface area contributed by atoms with Crippen molar-refractivity contribution in [3.63, 3.8) is 0 Å². The third-order valence-corrected chi connectivity index (χ3v) is 4.97.